The Morgan fingerprint density at radius 2 is 2.39 bits per heavy atom. The monoisotopic (exact) mass is 265 g/mol. The molecule has 7 heteroatoms. The summed E-state index contributed by atoms with van der Waals surface area (Å²) in [5, 5.41) is 7.80. The first-order valence-electron chi connectivity index (χ1n) is 5.67. The molecule has 0 saturated heterocycles. The Morgan fingerprint density at radius 1 is 1.61 bits per heavy atom. The second kappa shape index (κ2) is 5.36. The molecule has 2 aromatic heterocycles. The third-order valence-corrected chi connectivity index (χ3v) is 3.55. The molecule has 6 nitrogen and oxygen atoms in total. The first-order valence-corrected chi connectivity index (χ1v) is 6.48. The van der Waals surface area contributed by atoms with Gasteiger partial charge in [0.15, 0.2) is 5.16 Å². The van der Waals surface area contributed by atoms with Crippen molar-refractivity contribution in [3.63, 3.8) is 0 Å². The predicted octanol–water partition coefficient (Wildman–Crippen LogP) is 1.16. The number of aromatic nitrogens is 4. The molecule has 0 saturated carbocycles. The molecule has 0 unspecified atom stereocenters. The SMILES string of the molecule is CCn1c(Sc2ncccc2[C@H](C)N)n[nH]c1=O. The van der Waals surface area contributed by atoms with Crippen LogP contribution in [0.25, 0.3) is 0 Å². The average molecular weight is 265 g/mol. The van der Waals surface area contributed by atoms with E-state index in [1.807, 2.05) is 26.0 Å². The third-order valence-electron chi connectivity index (χ3n) is 2.52. The average Bonchev–Trinajstić information content (AvgIpc) is 2.70. The fraction of sp³-hybridized carbons (Fsp3) is 0.364. The lowest BCUT2D eigenvalue weighted by atomic mass is 10.2. The second-order valence-electron chi connectivity index (χ2n) is 3.84. The van der Waals surface area contributed by atoms with Gasteiger partial charge in [0, 0.05) is 24.3 Å². The Labute approximate surface area is 109 Å². The molecule has 0 aliphatic rings. The van der Waals surface area contributed by atoms with Crippen LogP contribution in [0.15, 0.2) is 33.3 Å². The molecule has 0 spiro atoms. The molecule has 2 heterocycles. The van der Waals surface area contributed by atoms with E-state index in [4.69, 9.17) is 5.73 Å². The van der Waals surface area contributed by atoms with Gasteiger partial charge in [0.05, 0.1) is 0 Å². The molecule has 3 N–H and O–H groups in total. The molecular weight excluding hydrogens is 250 g/mol. The summed E-state index contributed by atoms with van der Waals surface area (Å²) in [5.41, 5.74) is 6.63. The molecule has 0 aliphatic carbocycles. The zero-order valence-electron chi connectivity index (χ0n) is 10.3. The number of nitrogens with one attached hydrogen (secondary N) is 1. The predicted molar refractivity (Wildman–Crippen MR) is 69.5 cm³/mol. The summed E-state index contributed by atoms with van der Waals surface area (Å²) >= 11 is 1.34. The highest BCUT2D eigenvalue weighted by atomic mass is 32.2. The van der Waals surface area contributed by atoms with Crippen LogP contribution in [0.4, 0.5) is 0 Å². The molecule has 2 rings (SSSR count). The largest absolute Gasteiger partial charge is 0.343 e. The fourth-order valence-electron chi connectivity index (χ4n) is 1.58. The summed E-state index contributed by atoms with van der Waals surface area (Å²) in [5.74, 6) is 0. The minimum absolute atomic E-state index is 0.109. The van der Waals surface area contributed by atoms with Crippen LogP contribution in [-0.4, -0.2) is 19.7 Å². The van der Waals surface area contributed by atoms with Gasteiger partial charge in [-0.05, 0) is 31.7 Å². The smallest absolute Gasteiger partial charge is 0.324 e. The van der Waals surface area contributed by atoms with Gasteiger partial charge >= 0.3 is 5.69 Å². The number of nitrogens with two attached hydrogens (primary N) is 1. The van der Waals surface area contributed by atoms with Gasteiger partial charge in [-0.2, -0.15) is 0 Å². The van der Waals surface area contributed by atoms with E-state index in [9.17, 15) is 4.79 Å². The Hall–Kier alpha value is -1.60. The van der Waals surface area contributed by atoms with Crippen molar-refractivity contribution in [2.75, 3.05) is 0 Å². The van der Waals surface area contributed by atoms with Gasteiger partial charge in [0.25, 0.3) is 0 Å². The number of hydrogen-bond donors (Lipinski definition) is 2. The topological polar surface area (TPSA) is 89.6 Å². The molecule has 0 aromatic carbocycles. The van der Waals surface area contributed by atoms with Crippen molar-refractivity contribution >= 4 is 11.8 Å². The van der Waals surface area contributed by atoms with Gasteiger partial charge in [0.2, 0.25) is 0 Å². The van der Waals surface area contributed by atoms with E-state index in [0.29, 0.717) is 11.7 Å². The molecule has 18 heavy (non-hydrogen) atoms. The van der Waals surface area contributed by atoms with Crippen molar-refractivity contribution in [3.8, 4) is 0 Å². The first-order chi connectivity index (χ1) is 8.63. The van der Waals surface area contributed by atoms with Crippen molar-refractivity contribution < 1.29 is 0 Å². The number of nitrogens with zero attached hydrogens (tertiary/aromatic N) is 3. The molecule has 2 aromatic rings. The van der Waals surface area contributed by atoms with Crippen LogP contribution in [0.3, 0.4) is 0 Å². The minimum atomic E-state index is -0.210. The molecule has 96 valence electrons. The standard InChI is InChI=1S/C11H15N5OS/c1-3-16-10(17)14-15-11(16)18-9-8(7(2)12)5-4-6-13-9/h4-7H,3,12H2,1-2H3,(H,14,17)/t7-/m0/s1. The normalized spacial score (nSPS) is 12.6. The van der Waals surface area contributed by atoms with E-state index in [2.05, 4.69) is 15.2 Å². The lowest BCUT2D eigenvalue weighted by molar-refractivity contribution is 0.659. The molecule has 0 bridgehead atoms. The molecule has 0 radical (unpaired) electrons. The van der Waals surface area contributed by atoms with E-state index in [0.717, 1.165) is 10.6 Å². The Bertz CT molecular complexity index is 589. The summed E-state index contributed by atoms with van der Waals surface area (Å²) in [6.45, 7) is 4.36. The molecular formula is C11H15N5OS. The van der Waals surface area contributed by atoms with Crippen LogP contribution in [0.1, 0.15) is 25.5 Å². The van der Waals surface area contributed by atoms with Crippen molar-refractivity contribution in [2.24, 2.45) is 5.73 Å². The maximum absolute atomic E-state index is 11.5. The maximum atomic E-state index is 11.5. The quantitative estimate of drug-likeness (QED) is 0.865. The highest BCUT2D eigenvalue weighted by Gasteiger charge is 2.13. The van der Waals surface area contributed by atoms with Crippen molar-refractivity contribution in [3.05, 3.63) is 34.4 Å². The summed E-state index contributed by atoms with van der Waals surface area (Å²) in [6, 6.07) is 3.67. The van der Waals surface area contributed by atoms with Crippen LogP contribution >= 0.6 is 11.8 Å². The van der Waals surface area contributed by atoms with Crippen LogP contribution in [0, 0.1) is 0 Å². The second-order valence-corrected chi connectivity index (χ2v) is 4.80. The van der Waals surface area contributed by atoms with E-state index in [1.165, 1.54) is 11.8 Å². The summed E-state index contributed by atoms with van der Waals surface area (Å²) < 4.78 is 1.56. The zero-order chi connectivity index (χ0) is 13.1. The third kappa shape index (κ3) is 2.46. The number of aromatic amines is 1. The Kier molecular flexibility index (Phi) is 3.83. The van der Waals surface area contributed by atoms with Gasteiger partial charge in [-0.3, -0.25) is 4.57 Å². The maximum Gasteiger partial charge on any atom is 0.343 e. The van der Waals surface area contributed by atoms with Gasteiger partial charge in [-0.15, -0.1) is 5.10 Å². The van der Waals surface area contributed by atoms with Gasteiger partial charge < -0.3 is 5.73 Å². The number of pyridine rings is 1. The van der Waals surface area contributed by atoms with Crippen LogP contribution in [0.5, 0.6) is 0 Å². The van der Waals surface area contributed by atoms with E-state index >= 15 is 0 Å². The van der Waals surface area contributed by atoms with Gasteiger partial charge in [-0.25, -0.2) is 14.9 Å². The van der Waals surface area contributed by atoms with Gasteiger partial charge in [-0.1, -0.05) is 6.07 Å². The first kappa shape index (κ1) is 12.8. The fourth-order valence-corrected chi connectivity index (χ4v) is 2.65. The van der Waals surface area contributed by atoms with Crippen LogP contribution in [0.2, 0.25) is 0 Å². The number of rotatable bonds is 4. The van der Waals surface area contributed by atoms with E-state index in [1.54, 1.807) is 10.8 Å². The highest BCUT2D eigenvalue weighted by molar-refractivity contribution is 7.99. The molecule has 0 fully saturated rings. The van der Waals surface area contributed by atoms with Crippen molar-refractivity contribution in [1.29, 1.82) is 0 Å². The van der Waals surface area contributed by atoms with E-state index < -0.39 is 0 Å². The molecule has 1 atom stereocenters. The van der Waals surface area contributed by atoms with Gasteiger partial charge in [0.1, 0.15) is 5.03 Å². The lowest BCUT2D eigenvalue weighted by Crippen LogP contribution is -2.16. The summed E-state index contributed by atoms with van der Waals surface area (Å²) in [6.07, 6.45) is 1.70. The minimum Gasteiger partial charge on any atom is -0.324 e. The van der Waals surface area contributed by atoms with Crippen molar-refractivity contribution in [2.45, 2.75) is 36.6 Å². The molecule has 0 aliphatic heterocycles. The number of H-pyrrole nitrogens is 1. The van der Waals surface area contributed by atoms with Crippen LogP contribution < -0.4 is 11.4 Å². The Balaban J connectivity index is 2.37. The molecule has 0 amide bonds. The number of hydrogen-bond acceptors (Lipinski definition) is 5. The summed E-state index contributed by atoms with van der Waals surface area (Å²) in [7, 11) is 0. The highest BCUT2D eigenvalue weighted by Crippen LogP contribution is 2.28. The van der Waals surface area contributed by atoms with E-state index in [-0.39, 0.29) is 11.7 Å². The zero-order valence-corrected chi connectivity index (χ0v) is 11.1. The Morgan fingerprint density at radius 3 is 3.06 bits per heavy atom. The lowest BCUT2D eigenvalue weighted by Gasteiger charge is -2.10. The summed E-state index contributed by atoms with van der Waals surface area (Å²) in [4.78, 5) is 15.8. The van der Waals surface area contributed by atoms with Crippen LogP contribution in [-0.2, 0) is 6.54 Å². The van der Waals surface area contributed by atoms with Crippen molar-refractivity contribution in [1.82, 2.24) is 19.7 Å².